The van der Waals surface area contributed by atoms with Gasteiger partial charge in [0.1, 0.15) is 11.5 Å². The molecule has 0 aromatic carbocycles. The third-order valence-electron chi connectivity index (χ3n) is 2.92. The second kappa shape index (κ2) is 7.71. The van der Waals surface area contributed by atoms with Crippen molar-refractivity contribution >= 4 is 33.3 Å². The van der Waals surface area contributed by atoms with Gasteiger partial charge in [-0.05, 0) is 40.9 Å². The Labute approximate surface area is 138 Å². The van der Waals surface area contributed by atoms with Crippen molar-refractivity contribution in [2.45, 2.75) is 33.1 Å². The summed E-state index contributed by atoms with van der Waals surface area (Å²) in [6.45, 7) is 5.10. The van der Waals surface area contributed by atoms with E-state index < -0.39 is 0 Å². The minimum absolute atomic E-state index is 0.559. The smallest absolute Gasteiger partial charge is 0.182 e. The Morgan fingerprint density at radius 1 is 1.24 bits per heavy atom. The summed E-state index contributed by atoms with van der Waals surface area (Å²) < 4.78 is 0.925. The first-order chi connectivity index (χ1) is 10.2. The molecule has 0 fully saturated rings. The summed E-state index contributed by atoms with van der Waals surface area (Å²) in [5, 5.41) is 3.88. The van der Waals surface area contributed by atoms with Gasteiger partial charge in [-0.25, -0.2) is 9.97 Å². The van der Waals surface area contributed by atoms with Crippen LogP contribution in [0.2, 0.25) is 5.02 Å². The zero-order valence-corrected chi connectivity index (χ0v) is 14.5. The van der Waals surface area contributed by atoms with Crippen LogP contribution in [0.1, 0.15) is 32.4 Å². The average molecular weight is 370 g/mol. The lowest BCUT2D eigenvalue weighted by Gasteiger charge is -2.12. The van der Waals surface area contributed by atoms with E-state index in [9.17, 15) is 0 Å². The molecule has 21 heavy (non-hydrogen) atoms. The van der Waals surface area contributed by atoms with Gasteiger partial charge in [-0.1, -0.05) is 31.9 Å². The first-order valence-electron chi connectivity index (χ1n) is 7.08. The maximum atomic E-state index is 6.21. The fourth-order valence-electron chi connectivity index (χ4n) is 1.91. The summed E-state index contributed by atoms with van der Waals surface area (Å²) in [4.78, 5) is 13.5. The Morgan fingerprint density at radius 3 is 2.71 bits per heavy atom. The largest absolute Gasteiger partial charge is 0.369 e. The lowest BCUT2D eigenvalue weighted by molar-refractivity contribution is 0.863. The van der Waals surface area contributed by atoms with E-state index in [2.05, 4.69) is 50.0 Å². The van der Waals surface area contributed by atoms with Crippen LogP contribution in [0.5, 0.6) is 0 Å². The summed E-state index contributed by atoms with van der Waals surface area (Å²) in [7, 11) is 0. The number of pyridine rings is 1. The van der Waals surface area contributed by atoms with Crippen molar-refractivity contribution in [2.24, 2.45) is 0 Å². The van der Waals surface area contributed by atoms with Crippen molar-refractivity contribution in [1.82, 2.24) is 15.0 Å². The molecule has 0 unspecified atom stereocenters. The molecule has 0 aliphatic heterocycles. The third kappa shape index (κ3) is 3.92. The van der Waals surface area contributed by atoms with Crippen molar-refractivity contribution in [3.8, 4) is 11.5 Å². The van der Waals surface area contributed by atoms with Crippen molar-refractivity contribution in [3.63, 3.8) is 0 Å². The number of hydrogen-bond donors (Lipinski definition) is 1. The van der Waals surface area contributed by atoms with E-state index in [0.29, 0.717) is 16.5 Å². The van der Waals surface area contributed by atoms with Gasteiger partial charge in [-0.3, -0.25) is 4.98 Å². The lowest BCUT2D eigenvalue weighted by atomic mass is 10.2. The van der Waals surface area contributed by atoms with Gasteiger partial charge in [0.05, 0.1) is 15.2 Å². The molecule has 2 aromatic rings. The van der Waals surface area contributed by atoms with Crippen LogP contribution in [0.25, 0.3) is 11.5 Å². The van der Waals surface area contributed by atoms with Gasteiger partial charge in [0.15, 0.2) is 5.82 Å². The second-order valence-electron chi connectivity index (χ2n) is 4.67. The fraction of sp³-hybridized carbons (Fsp3) is 0.400. The van der Waals surface area contributed by atoms with Gasteiger partial charge >= 0.3 is 0 Å². The molecule has 0 amide bonds. The highest BCUT2D eigenvalue weighted by molar-refractivity contribution is 9.10. The maximum absolute atomic E-state index is 6.21. The number of anilines is 1. The molecule has 0 atom stereocenters. The van der Waals surface area contributed by atoms with E-state index in [1.54, 1.807) is 18.3 Å². The lowest BCUT2D eigenvalue weighted by Crippen LogP contribution is -2.08. The Morgan fingerprint density at radius 2 is 2.05 bits per heavy atom. The van der Waals surface area contributed by atoms with Gasteiger partial charge in [-0.15, -0.1) is 0 Å². The van der Waals surface area contributed by atoms with E-state index in [-0.39, 0.29) is 0 Å². The van der Waals surface area contributed by atoms with Crippen molar-refractivity contribution in [3.05, 3.63) is 33.5 Å². The van der Waals surface area contributed by atoms with Crippen LogP contribution in [-0.4, -0.2) is 21.5 Å². The average Bonchev–Trinajstić information content (AvgIpc) is 2.49. The molecule has 0 bridgehead atoms. The molecule has 2 rings (SSSR count). The topological polar surface area (TPSA) is 50.7 Å². The molecule has 1 N–H and O–H groups in total. The summed E-state index contributed by atoms with van der Waals surface area (Å²) >= 11 is 9.81. The first-order valence-corrected chi connectivity index (χ1v) is 8.25. The first kappa shape index (κ1) is 16.2. The summed E-state index contributed by atoms with van der Waals surface area (Å²) in [6, 6.07) is 3.60. The Balaban J connectivity index is 2.50. The number of aromatic nitrogens is 3. The molecule has 2 aromatic heterocycles. The molecule has 6 heteroatoms. The number of hydrogen-bond acceptors (Lipinski definition) is 4. The monoisotopic (exact) mass is 368 g/mol. The van der Waals surface area contributed by atoms with Crippen LogP contribution in [-0.2, 0) is 6.42 Å². The maximum Gasteiger partial charge on any atom is 0.182 e. The van der Waals surface area contributed by atoms with E-state index in [0.717, 1.165) is 41.8 Å². The predicted molar refractivity (Wildman–Crippen MR) is 90.7 cm³/mol. The minimum Gasteiger partial charge on any atom is -0.369 e. The van der Waals surface area contributed by atoms with Crippen LogP contribution >= 0.6 is 27.5 Å². The van der Waals surface area contributed by atoms with E-state index in [1.165, 1.54) is 0 Å². The molecule has 0 aliphatic carbocycles. The van der Waals surface area contributed by atoms with Crippen molar-refractivity contribution in [1.29, 1.82) is 0 Å². The van der Waals surface area contributed by atoms with Gasteiger partial charge in [0.25, 0.3) is 0 Å². The Hall–Kier alpha value is -1.20. The summed E-state index contributed by atoms with van der Waals surface area (Å²) in [5.41, 5.74) is 1.59. The highest BCUT2D eigenvalue weighted by Crippen LogP contribution is 2.29. The van der Waals surface area contributed by atoms with Crippen molar-refractivity contribution < 1.29 is 0 Å². The minimum atomic E-state index is 0.559. The van der Waals surface area contributed by atoms with Gasteiger partial charge < -0.3 is 5.32 Å². The van der Waals surface area contributed by atoms with Gasteiger partial charge in [0, 0.05) is 12.7 Å². The zero-order valence-electron chi connectivity index (χ0n) is 12.2. The summed E-state index contributed by atoms with van der Waals surface area (Å²) in [5.74, 6) is 1.36. The number of rotatable bonds is 6. The van der Waals surface area contributed by atoms with E-state index >= 15 is 0 Å². The molecule has 0 aliphatic rings. The molecule has 0 spiro atoms. The number of aryl methyl sites for hydroxylation is 1. The molecule has 2 heterocycles. The quantitative estimate of drug-likeness (QED) is 0.800. The second-order valence-corrected chi connectivity index (χ2v) is 5.87. The van der Waals surface area contributed by atoms with E-state index in [1.807, 2.05) is 0 Å². The van der Waals surface area contributed by atoms with Gasteiger partial charge in [0.2, 0.25) is 0 Å². The molecule has 112 valence electrons. The highest BCUT2D eigenvalue weighted by Gasteiger charge is 2.15. The Bertz CT molecular complexity index is 619. The number of nitrogens with zero attached hydrogens (tertiary/aromatic N) is 3. The fourth-order valence-corrected chi connectivity index (χ4v) is 2.63. The number of nitrogens with one attached hydrogen (secondary N) is 1. The molecule has 0 saturated heterocycles. The van der Waals surface area contributed by atoms with Crippen molar-refractivity contribution in [2.75, 3.05) is 11.9 Å². The normalized spacial score (nSPS) is 10.7. The predicted octanol–water partition coefficient (Wildman–Crippen LogP) is 4.73. The molecular weight excluding hydrogens is 352 g/mol. The molecule has 0 saturated carbocycles. The van der Waals surface area contributed by atoms with Crippen LogP contribution in [0.4, 0.5) is 5.82 Å². The molecule has 4 nitrogen and oxygen atoms in total. The SMILES string of the molecule is CCCNc1nc(-c2ncccc2Cl)nc(CCC)c1Br. The van der Waals surface area contributed by atoms with E-state index in [4.69, 9.17) is 11.6 Å². The van der Waals surface area contributed by atoms with Crippen LogP contribution in [0.15, 0.2) is 22.8 Å². The van der Waals surface area contributed by atoms with Gasteiger partial charge in [-0.2, -0.15) is 0 Å². The third-order valence-corrected chi connectivity index (χ3v) is 4.06. The standard InChI is InChI=1S/C15H18BrClN4/c1-3-6-11-12(16)14(19-8-4-2)21-15(20-11)13-10(17)7-5-9-18-13/h5,7,9H,3-4,6,8H2,1-2H3,(H,19,20,21). The molecule has 0 radical (unpaired) electrons. The number of halogens is 2. The van der Waals surface area contributed by atoms with Crippen LogP contribution in [0, 0.1) is 0 Å². The summed E-state index contributed by atoms with van der Waals surface area (Å²) in [6.07, 6.45) is 4.62. The Kier molecular flexibility index (Phi) is 5.94. The molecular formula is C15H18BrClN4. The van der Waals surface area contributed by atoms with Crippen LogP contribution in [0.3, 0.4) is 0 Å². The zero-order chi connectivity index (χ0) is 15.2. The van der Waals surface area contributed by atoms with Crippen LogP contribution < -0.4 is 5.32 Å². The highest BCUT2D eigenvalue weighted by atomic mass is 79.9.